The molecule has 0 spiro atoms. The molecule has 0 radical (unpaired) electrons. The van der Waals surface area contributed by atoms with E-state index in [4.69, 9.17) is 9.47 Å². The van der Waals surface area contributed by atoms with Gasteiger partial charge in [-0.15, -0.1) is 0 Å². The van der Waals surface area contributed by atoms with Crippen molar-refractivity contribution in [1.29, 1.82) is 0 Å². The summed E-state index contributed by atoms with van der Waals surface area (Å²) >= 11 is 0. The summed E-state index contributed by atoms with van der Waals surface area (Å²) in [5, 5.41) is 0. The second-order valence-electron chi connectivity index (χ2n) is 7.98. The van der Waals surface area contributed by atoms with Crippen molar-refractivity contribution in [1.82, 2.24) is 4.90 Å². The largest absolute Gasteiger partial charge is 0.491 e. The molecule has 2 aliphatic rings. The first-order chi connectivity index (χ1) is 15.0. The molecule has 0 aromatic heterocycles. The predicted molar refractivity (Wildman–Crippen MR) is 120 cm³/mol. The van der Waals surface area contributed by atoms with E-state index in [0.717, 1.165) is 17.7 Å². The van der Waals surface area contributed by atoms with Crippen LogP contribution >= 0.6 is 0 Å². The third-order valence-electron chi connectivity index (χ3n) is 5.50. The van der Waals surface area contributed by atoms with Crippen LogP contribution in [-0.2, 0) is 20.7 Å². The van der Waals surface area contributed by atoms with E-state index in [-0.39, 0.29) is 17.9 Å². The van der Waals surface area contributed by atoms with Crippen molar-refractivity contribution < 1.29 is 19.1 Å². The third kappa shape index (κ3) is 4.21. The lowest BCUT2D eigenvalue weighted by Gasteiger charge is -2.29. The maximum absolute atomic E-state index is 13.5. The fourth-order valence-corrected chi connectivity index (χ4v) is 3.95. The maximum Gasteiger partial charge on any atom is 0.282 e. The molecule has 0 atom stereocenters. The quantitative estimate of drug-likeness (QED) is 0.668. The fourth-order valence-electron chi connectivity index (χ4n) is 3.95. The second kappa shape index (κ2) is 8.94. The summed E-state index contributed by atoms with van der Waals surface area (Å²) in [6.45, 7) is 8.23. The highest BCUT2D eigenvalue weighted by molar-refractivity contribution is 6.45. The summed E-state index contributed by atoms with van der Waals surface area (Å²) in [5.41, 5.74) is 3.34. The Bertz CT molecular complexity index is 987. The lowest BCUT2D eigenvalue weighted by Crippen LogP contribution is -2.40. The zero-order chi connectivity index (χ0) is 22.0. The minimum Gasteiger partial charge on any atom is -0.491 e. The van der Waals surface area contributed by atoms with E-state index in [1.54, 1.807) is 0 Å². The number of hydrogen-bond acceptors (Lipinski definition) is 5. The average Bonchev–Trinajstić information content (AvgIpc) is 3.04. The third-order valence-corrected chi connectivity index (χ3v) is 5.50. The zero-order valence-corrected chi connectivity index (χ0v) is 18.3. The van der Waals surface area contributed by atoms with E-state index >= 15 is 0 Å². The summed E-state index contributed by atoms with van der Waals surface area (Å²) in [7, 11) is 0. The Morgan fingerprint density at radius 3 is 2.16 bits per heavy atom. The van der Waals surface area contributed by atoms with Crippen molar-refractivity contribution in [3.8, 4) is 5.75 Å². The van der Waals surface area contributed by atoms with Crippen LogP contribution in [-0.4, -0.2) is 49.1 Å². The van der Waals surface area contributed by atoms with Crippen LogP contribution in [0.4, 0.5) is 5.69 Å². The highest BCUT2D eigenvalue weighted by atomic mass is 16.5. The van der Waals surface area contributed by atoms with Crippen molar-refractivity contribution in [2.45, 2.75) is 33.3 Å². The zero-order valence-electron chi connectivity index (χ0n) is 18.3. The van der Waals surface area contributed by atoms with Gasteiger partial charge in [-0.2, -0.15) is 0 Å². The van der Waals surface area contributed by atoms with Gasteiger partial charge in [-0.05, 0) is 55.7 Å². The normalized spacial score (nSPS) is 17.2. The molecule has 6 nitrogen and oxygen atoms in total. The van der Waals surface area contributed by atoms with Crippen LogP contribution in [0.2, 0.25) is 0 Å². The van der Waals surface area contributed by atoms with Crippen molar-refractivity contribution in [2.75, 3.05) is 31.2 Å². The molecule has 0 bridgehead atoms. The molecule has 0 unspecified atom stereocenters. The summed E-state index contributed by atoms with van der Waals surface area (Å²) in [6.07, 6.45) is 0.959. The van der Waals surface area contributed by atoms with Crippen LogP contribution in [0.1, 0.15) is 31.9 Å². The lowest BCUT2D eigenvalue weighted by atomic mass is 10.0. The van der Waals surface area contributed by atoms with E-state index in [2.05, 4.69) is 6.92 Å². The van der Waals surface area contributed by atoms with Crippen molar-refractivity contribution >= 4 is 23.1 Å². The molecule has 162 valence electrons. The summed E-state index contributed by atoms with van der Waals surface area (Å²) < 4.78 is 11.2. The summed E-state index contributed by atoms with van der Waals surface area (Å²) in [5.74, 6) is 0.151. The van der Waals surface area contributed by atoms with Gasteiger partial charge in [0.15, 0.2) is 0 Å². The first-order valence-corrected chi connectivity index (χ1v) is 10.8. The Labute approximate surface area is 183 Å². The van der Waals surface area contributed by atoms with E-state index in [1.807, 2.05) is 67.3 Å². The van der Waals surface area contributed by atoms with Gasteiger partial charge < -0.3 is 14.4 Å². The smallest absolute Gasteiger partial charge is 0.282 e. The highest BCUT2D eigenvalue weighted by Gasteiger charge is 2.42. The van der Waals surface area contributed by atoms with E-state index in [1.165, 1.54) is 4.90 Å². The molecule has 31 heavy (non-hydrogen) atoms. The number of hydrogen-bond donors (Lipinski definition) is 0. The first kappa shape index (κ1) is 21.1. The topological polar surface area (TPSA) is 59.1 Å². The Morgan fingerprint density at radius 1 is 0.935 bits per heavy atom. The maximum atomic E-state index is 13.5. The van der Waals surface area contributed by atoms with Crippen LogP contribution in [0.25, 0.3) is 5.57 Å². The number of aryl methyl sites for hydroxylation is 1. The number of ether oxygens (including phenoxy) is 2. The van der Waals surface area contributed by atoms with Gasteiger partial charge in [0, 0.05) is 13.1 Å². The second-order valence-corrected chi connectivity index (χ2v) is 7.98. The van der Waals surface area contributed by atoms with E-state index in [9.17, 15) is 9.59 Å². The standard InChI is InChI=1S/C25H28N2O4/c1-4-18-5-9-20(10-6-18)27-24(28)22(19-7-11-21(12-8-19)31-17(2)3)23(25(27)29)26-13-15-30-16-14-26/h5-12,17H,4,13-16H2,1-3H3. The summed E-state index contributed by atoms with van der Waals surface area (Å²) in [6, 6.07) is 15.0. The van der Waals surface area contributed by atoms with Crippen molar-refractivity contribution in [2.24, 2.45) is 0 Å². The number of morpholine rings is 1. The molecule has 0 N–H and O–H groups in total. The molecule has 2 amide bonds. The monoisotopic (exact) mass is 420 g/mol. The Kier molecular flexibility index (Phi) is 6.09. The summed E-state index contributed by atoms with van der Waals surface area (Å²) in [4.78, 5) is 30.3. The lowest BCUT2D eigenvalue weighted by molar-refractivity contribution is -0.121. The Morgan fingerprint density at radius 2 is 1.58 bits per heavy atom. The number of carbonyl (C=O) groups is 2. The van der Waals surface area contributed by atoms with Crippen LogP contribution in [0.15, 0.2) is 54.2 Å². The van der Waals surface area contributed by atoms with Crippen LogP contribution in [0, 0.1) is 0 Å². The van der Waals surface area contributed by atoms with E-state index < -0.39 is 0 Å². The molecule has 2 aliphatic heterocycles. The molecule has 2 aromatic rings. The van der Waals surface area contributed by atoms with Gasteiger partial charge in [-0.1, -0.05) is 31.2 Å². The van der Waals surface area contributed by atoms with Gasteiger partial charge in [0.25, 0.3) is 11.8 Å². The molecule has 0 saturated carbocycles. The number of carbonyl (C=O) groups excluding carboxylic acids is 2. The van der Waals surface area contributed by atoms with Gasteiger partial charge in [-0.3, -0.25) is 9.59 Å². The van der Waals surface area contributed by atoms with Crippen LogP contribution in [0.3, 0.4) is 0 Å². The number of imide groups is 1. The van der Waals surface area contributed by atoms with Gasteiger partial charge in [0.2, 0.25) is 0 Å². The Balaban J connectivity index is 1.74. The minimum atomic E-state index is -0.298. The molecule has 2 aromatic carbocycles. The Hall–Kier alpha value is -3.12. The van der Waals surface area contributed by atoms with Crippen molar-refractivity contribution in [3.05, 3.63) is 65.4 Å². The fraction of sp³-hybridized carbons (Fsp3) is 0.360. The van der Waals surface area contributed by atoms with Crippen LogP contribution < -0.4 is 9.64 Å². The SMILES string of the molecule is CCc1ccc(N2C(=O)C(c3ccc(OC(C)C)cc3)=C(N3CCOCC3)C2=O)cc1. The first-order valence-electron chi connectivity index (χ1n) is 10.8. The molecule has 4 rings (SSSR count). The van der Waals surface area contributed by atoms with Gasteiger partial charge in [0.05, 0.1) is 30.6 Å². The molecule has 0 aliphatic carbocycles. The molecule has 2 heterocycles. The van der Waals surface area contributed by atoms with E-state index in [0.29, 0.717) is 48.8 Å². The molecular formula is C25H28N2O4. The number of benzene rings is 2. The average molecular weight is 421 g/mol. The molecule has 6 heteroatoms. The number of amides is 2. The number of anilines is 1. The van der Waals surface area contributed by atoms with Crippen LogP contribution in [0.5, 0.6) is 5.75 Å². The predicted octanol–water partition coefficient (Wildman–Crippen LogP) is 3.65. The van der Waals surface area contributed by atoms with Gasteiger partial charge in [-0.25, -0.2) is 4.90 Å². The van der Waals surface area contributed by atoms with Gasteiger partial charge >= 0.3 is 0 Å². The molecule has 1 fully saturated rings. The van der Waals surface area contributed by atoms with Gasteiger partial charge in [0.1, 0.15) is 11.4 Å². The highest BCUT2D eigenvalue weighted by Crippen LogP contribution is 2.35. The van der Waals surface area contributed by atoms with Crippen molar-refractivity contribution in [3.63, 3.8) is 0 Å². The minimum absolute atomic E-state index is 0.0604. The molecular weight excluding hydrogens is 392 g/mol. The molecule has 1 saturated heterocycles. The number of rotatable bonds is 6. The number of nitrogens with zero attached hydrogens (tertiary/aromatic N) is 2.